The number of ether oxygens (including phenoxy) is 2. The minimum atomic E-state index is -1.10. The number of aliphatic carboxylic acids is 1. The van der Waals surface area contributed by atoms with Crippen LogP contribution in [0.4, 0.5) is 5.69 Å². The number of rotatable bonds is 7. The number of carboxylic acids is 1. The van der Waals surface area contributed by atoms with Gasteiger partial charge in [-0.3, -0.25) is 14.4 Å². The molecule has 0 aliphatic rings. The lowest BCUT2D eigenvalue weighted by Crippen LogP contribution is -2.24. The van der Waals surface area contributed by atoms with Gasteiger partial charge in [0, 0.05) is 23.0 Å². The van der Waals surface area contributed by atoms with Crippen molar-refractivity contribution in [3.8, 4) is 28.5 Å². The molecule has 0 aliphatic carbocycles. The number of amides is 1. The van der Waals surface area contributed by atoms with Crippen LogP contribution in [-0.2, 0) is 11.2 Å². The number of hydrogen-bond donors (Lipinski definition) is 4. The number of carbonyl (C=O) groups excluding carboxylic acids is 1. The maximum Gasteiger partial charge on any atom is 0.307 e. The van der Waals surface area contributed by atoms with Crippen LogP contribution in [0.5, 0.6) is 17.2 Å². The van der Waals surface area contributed by atoms with Crippen LogP contribution < -0.4 is 20.3 Å². The number of nitrogens with one attached hydrogen (secondary N) is 2. The molecule has 0 atom stereocenters. The zero-order chi connectivity index (χ0) is 22.5. The maximum absolute atomic E-state index is 12.6. The number of aromatic nitrogens is 1. The number of anilines is 1. The Morgan fingerprint density at radius 1 is 1.00 bits per heavy atom. The average molecular weight is 424 g/mol. The summed E-state index contributed by atoms with van der Waals surface area (Å²) in [4.78, 5) is 38.8. The molecule has 0 aliphatic heterocycles. The van der Waals surface area contributed by atoms with E-state index in [-0.39, 0.29) is 29.0 Å². The van der Waals surface area contributed by atoms with E-state index in [4.69, 9.17) is 14.6 Å². The zero-order valence-electron chi connectivity index (χ0n) is 16.8. The van der Waals surface area contributed by atoms with E-state index in [0.717, 1.165) is 0 Å². The van der Waals surface area contributed by atoms with E-state index in [0.29, 0.717) is 22.8 Å². The van der Waals surface area contributed by atoms with Crippen LogP contribution in [0.25, 0.3) is 11.3 Å². The predicted molar refractivity (Wildman–Crippen MR) is 113 cm³/mol. The minimum Gasteiger partial charge on any atom is -0.508 e. The molecule has 9 nitrogen and oxygen atoms in total. The first-order chi connectivity index (χ1) is 14.8. The molecule has 3 rings (SSSR count). The highest BCUT2D eigenvalue weighted by Crippen LogP contribution is 2.31. The molecule has 0 unspecified atom stereocenters. The Balaban J connectivity index is 1.89. The second-order valence-corrected chi connectivity index (χ2v) is 6.55. The Morgan fingerprint density at radius 3 is 2.39 bits per heavy atom. The molecule has 0 saturated carbocycles. The Bertz CT molecular complexity index is 1200. The number of phenolic OH excluding ortho intramolecular Hbond substituents is 1. The summed E-state index contributed by atoms with van der Waals surface area (Å²) in [6.07, 6.45) is -0.357. The Kier molecular flexibility index (Phi) is 6.25. The number of carboxylic acid groups (broad SMARTS) is 1. The van der Waals surface area contributed by atoms with Crippen molar-refractivity contribution in [1.82, 2.24) is 4.98 Å². The molecule has 1 heterocycles. The third-order valence-electron chi connectivity index (χ3n) is 4.53. The van der Waals surface area contributed by atoms with Gasteiger partial charge in [-0.05, 0) is 42.0 Å². The van der Waals surface area contributed by atoms with Crippen molar-refractivity contribution in [3.05, 3.63) is 70.0 Å². The first-order valence-corrected chi connectivity index (χ1v) is 9.13. The molecule has 3 aromatic rings. The van der Waals surface area contributed by atoms with Gasteiger partial charge in [0.1, 0.15) is 11.3 Å². The van der Waals surface area contributed by atoms with Crippen LogP contribution in [-0.4, -0.2) is 41.3 Å². The van der Waals surface area contributed by atoms with Gasteiger partial charge in [0.15, 0.2) is 11.5 Å². The molecule has 1 aromatic heterocycles. The molecule has 0 spiro atoms. The maximum atomic E-state index is 12.6. The number of carbonyl (C=O) groups is 2. The minimum absolute atomic E-state index is 0.107. The lowest BCUT2D eigenvalue weighted by atomic mass is 10.1. The summed E-state index contributed by atoms with van der Waals surface area (Å²) in [6, 6.07) is 12.0. The number of phenols is 1. The highest BCUT2D eigenvalue weighted by Gasteiger charge is 2.16. The van der Waals surface area contributed by atoms with Gasteiger partial charge >= 0.3 is 5.97 Å². The van der Waals surface area contributed by atoms with Crippen LogP contribution in [0.1, 0.15) is 15.9 Å². The summed E-state index contributed by atoms with van der Waals surface area (Å²) in [7, 11) is 3.01. The first-order valence-electron chi connectivity index (χ1n) is 9.13. The summed E-state index contributed by atoms with van der Waals surface area (Å²) < 4.78 is 10.5. The molecular formula is C22H20N2O7. The SMILES string of the molecule is COc1ccc(-c2ccc(C(=O)Nc3cc(O)ccc3CC(=O)O)c(=O)[nH]2)cc1OC. The molecule has 31 heavy (non-hydrogen) atoms. The lowest BCUT2D eigenvalue weighted by Gasteiger charge is -2.11. The van der Waals surface area contributed by atoms with Gasteiger partial charge in [-0.15, -0.1) is 0 Å². The molecule has 1 amide bonds. The normalized spacial score (nSPS) is 10.4. The smallest absolute Gasteiger partial charge is 0.307 e. The van der Waals surface area contributed by atoms with E-state index in [1.54, 1.807) is 24.3 Å². The van der Waals surface area contributed by atoms with Crippen molar-refractivity contribution in [3.63, 3.8) is 0 Å². The molecule has 0 radical (unpaired) electrons. The van der Waals surface area contributed by atoms with Crippen molar-refractivity contribution in [2.24, 2.45) is 0 Å². The van der Waals surface area contributed by atoms with Gasteiger partial charge in [-0.1, -0.05) is 6.07 Å². The van der Waals surface area contributed by atoms with E-state index < -0.39 is 17.4 Å². The first kappa shape index (κ1) is 21.4. The van der Waals surface area contributed by atoms with Crippen LogP contribution in [0, 0.1) is 0 Å². The van der Waals surface area contributed by atoms with Gasteiger partial charge in [-0.2, -0.15) is 0 Å². The summed E-state index contributed by atoms with van der Waals surface area (Å²) in [5, 5.41) is 21.2. The number of methoxy groups -OCH3 is 2. The third kappa shape index (κ3) is 4.84. The van der Waals surface area contributed by atoms with Gasteiger partial charge in [0.05, 0.1) is 20.6 Å². The van der Waals surface area contributed by atoms with Gasteiger partial charge in [-0.25, -0.2) is 0 Å². The fourth-order valence-electron chi connectivity index (χ4n) is 3.01. The highest BCUT2D eigenvalue weighted by atomic mass is 16.5. The van der Waals surface area contributed by atoms with Crippen LogP contribution in [0.15, 0.2) is 53.3 Å². The summed E-state index contributed by atoms with van der Waals surface area (Å²) in [5.41, 5.74) is 0.705. The van der Waals surface area contributed by atoms with Crippen molar-refractivity contribution >= 4 is 17.6 Å². The molecular weight excluding hydrogens is 404 g/mol. The molecule has 0 bridgehead atoms. The predicted octanol–water partition coefficient (Wildman–Crippen LogP) is 2.64. The molecule has 4 N–H and O–H groups in total. The zero-order valence-corrected chi connectivity index (χ0v) is 16.8. The van der Waals surface area contributed by atoms with Crippen molar-refractivity contribution < 1.29 is 29.3 Å². The Labute approximate surface area is 176 Å². The quantitative estimate of drug-likeness (QED) is 0.457. The fourth-order valence-corrected chi connectivity index (χ4v) is 3.01. The topological polar surface area (TPSA) is 138 Å². The van der Waals surface area contributed by atoms with Crippen LogP contribution in [0.3, 0.4) is 0 Å². The Morgan fingerprint density at radius 2 is 1.74 bits per heavy atom. The van der Waals surface area contributed by atoms with E-state index in [2.05, 4.69) is 10.3 Å². The van der Waals surface area contributed by atoms with E-state index in [1.807, 2.05) is 0 Å². The average Bonchev–Trinajstić information content (AvgIpc) is 2.74. The van der Waals surface area contributed by atoms with Crippen molar-refractivity contribution in [2.75, 3.05) is 19.5 Å². The summed E-state index contributed by atoms with van der Waals surface area (Å²) in [5.74, 6) is -0.969. The fraction of sp³-hybridized carbons (Fsp3) is 0.136. The lowest BCUT2D eigenvalue weighted by molar-refractivity contribution is -0.136. The van der Waals surface area contributed by atoms with E-state index in [9.17, 15) is 19.5 Å². The Hall–Kier alpha value is -4.27. The highest BCUT2D eigenvalue weighted by molar-refractivity contribution is 6.04. The molecule has 160 valence electrons. The van der Waals surface area contributed by atoms with Crippen LogP contribution in [0.2, 0.25) is 0 Å². The number of hydrogen-bond acceptors (Lipinski definition) is 6. The van der Waals surface area contributed by atoms with Crippen molar-refractivity contribution in [2.45, 2.75) is 6.42 Å². The monoisotopic (exact) mass is 424 g/mol. The number of aromatic amines is 1. The van der Waals surface area contributed by atoms with Gasteiger partial charge in [0.25, 0.3) is 11.5 Å². The summed E-state index contributed by atoms with van der Waals surface area (Å²) >= 11 is 0. The summed E-state index contributed by atoms with van der Waals surface area (Å²) in [6.45, 7) is 0. The van der Waals surface area contributed by atoms with Gasteiger partial charge in [0.2, 0.25) is 0 Å². The molecule has 0 fully saturated rings. The number of H-pyrrole nitrogens is 1. The molecule has 9 heteroatoms. The van der Waals surface area contributed by atoms with Crippen molar-refractivity contribution in [1.29, 1.82) is 0 Å². The van der Waals surface area contributed by atoms with E-state index >= 15 is 0 Å². The van der Waals surface area contributed by atoms with Crippen LogP contribution >= 0.6 is 0 Å². The second kappa shape index (κ2) is 9.04. The number of pyridine rings is 1. The largest absolute Gasteiger partial charge is 0.508 e. The third-order valence-corrected chi connectivity index (χ3v) is 4.53. The number of benzene rings is 2. The standard InChI is InChI=1S/C22H20N2O7/c1-30-18-8-4-12(9-19(18)31-2)16-7-6-15(21(28)23-16)22(29)24-17-11-14(25)5-3-13(17)10-20(26)27/h3-9,11,25H,10H2,1-2H3,(H,23,28)(H,24,29)(H,26,27). The molecule has 2 aromatic carbocycles. The van der Waals surface area contributed by atoms with E-state index in [1.165, 1.54) is 38.5 Å². The molecule has 0 saturated heterocycles. The number of aromatic hydroxyl groups is 1. The second-order valence-electron chi connectivity index (χ2n) is 6.55. The van der Waals surface area contributed by atoms with Gasteiger partial charge < -0.3 is 30.0 Å².